The van der Waals surface area contributed by atoms with Crippen LogP contribution in [0.1, 0.15) is 37.8 Å². The Morgan fingerprint density at radius 2 is 2.15 bits per heavy atom. The topological polar surface area (TPSA) is 49.2 Å². The second-order valence-corrected chi connectivity index (χ2v) is 6.77. The van der Waals surface area contributed by atoms with Gasteiger partial charge in [-0.15, -0.1) is 11.8 Å². The van der Waals surface area contributed by atoms with Gasteiger partial charge in [0.05, 0.1) is 11.7 Å². The Bertz CT molecular complexity index is 434. The van der Waals surface area contributed by atoms with Crippen molar-refractivity contribution in [1.82, 2.24) is 13.6 Å². The van der Waals surface area contributed by atoms with Crippen molar-refractivity contribution in [2.24, 2.45) is 0 Å². The summed E-state index contributed by atoms with van der Waals surface area (Å²) in [5, 5.41) is 9.84. The van der Waals surface area contributed by atoms with Crippen molar-refractivity contribution in [3.63, 3.8) is 0 Å². The molecule has 1 aromatic rings. The lowest BCUT2D eigenvalue weighted by molar-refractivity contribution is 0.283. The summed E-state index contributed by atoms with van der Waals surface area (Å²) in [4.78, 5) is 2.33. The maximum atomic E-state index is 8.74. The molecule has 20 heavy (non-hydrogen) atoms. The first-order chi connectivity index (χ1) is 9.81. The fourth-order valence-corrected chi connectivity index (χ4v) is 3.98. The molecule has 112 valence electrons. The Morgan fingerprint density at radius 1 is 1.30 bits per heavy atom. The van der Waals surface area contributed by atoms with Gasteiger partial charge in [0, 0.05) is 19.7 Å². The van der Waals surface area contributed by atoms with Gasteiger partial charge in [-0.1, -0.05) is 18.9 Å². The summed E-state index contributed by atoms with van der Waals surface area (Å²) in [5.41, 5.74) is 2.43. The van der Waals surface area contributed by atoms with E-state index in [4.69, 9.17) is 5.11 Å². The second-order valence-electron chi connectivity index (χ2n) is 5.16. The Labute approximate surface area is 129 Å². The minimum Gasteiger partial charge on any atom is -0.396 e. The smallest absolute Gasteiger partial charge is 0.138 e. The van der Waals surface area contributed by atoms with Crippen molar-refractivity contribution in [2.75, 3.05) is 32.5 Å². The van der Waals surface area contributed by atoms with Gasteiger partial charge >= 0.3 is 0 Å². The molecule has 1 aliphatic heterocycles. The molecule has 0 aliphatic carbocycles. The number of unbranched alkanes of at least 4 members (excludes halogenated alkanes) is 3. The van der Waals surface area contributed by atoms with Gasteiger partial charge in [0.2, 0.25) is 0 Å². The SMILES string of the molecule is CN1CCC=C(c2nsnc2SCCCCCCO)C1. The molecule has 1 aliphatic rings. The molecule has 0 radical (unpaired) electrons. The number of aromatic nitrogens is 2. The van der Waals surface area contributed by atoms with Crippen LogP contribution in [0.3, 0.4) is 0 Å². The molecular weight excluding hydrogens is 290 g/mol. The fraction of sp³-hybridized carbons (Fsp3) is 0.714. The third kappa shape index (κ3) is 4.84. The molecule has 0 atom stereocenters. The molecule has 0 bridgehead atoms. The first kappa shape index (κ1) is 15.9. The second kappa shape index (κ2) is 8.77. The molecular formula is C14H23N3OS2. The molecule has 0 amide bonds. The van der Waals surface area contributed by atoms with E-state index in [1.54, 1.807) is 0 Å². The minimum atomic E-state index is 0.314. The molecule has 6 heteroatoms. The molecule has 1 N–H and O–H groups in total. The zero-order valence-electron chi connectivity index (χ0n) is 12.0. The number of hydrogen-bond acceptors (Lipinski definition) is 6. The van der Waals surface area contributed by atoms with E-state index in [1.807, 2.05) is 11.8 Å². The van der Waals surface area contributed by atoms with Crippen LogP contribution in [0.2, 0.25) is 0 Å². The summed E-state index contributed by atoms with van der Waals surface area (Å²) in [6, 6.07) is 0. The molecule has 2 rings (SSSR count). The van der Waals surface area contributed by atoms with E-state index in [1.165, 1.54) is 30.1 Å². The van der Waals surface area contributed by atoms with Crippen LogP contribution in [-0.2, 0) is 0 Å². The Kier molecular flexibility index (Phi) is 6.99. The van der Waals surface area contributed by atoms with E-state index in [0.717, 1.165) is 48.8 Å². The minimum absolute atomic E-state index is 0.314. The number of hydrogen-bond donors (Lipinski definition) is 1. The van der Waals surface area contributed by atoms with Crippen LogP contribution in [0.25, 0.3) is 5.57 Å². The van der Waals surface area contributed by atoms with Crippen LogP contribution in [0.4, 0.5) is 0 Å². The lowest BCUT2D eigenvalue weighted by Gasteiger charge is -2.22. The highest BCUT2D eigenvalue weighted by Crippen LogP contribution is 2.29. The number of nitrogens with zero attached hydrogens (tertiary/aromatic N) is 3. The molecule has 0 aromatic carbocycles. The van der Waals surface area contributed by atoms with E-state index in [9.17, 15) is 0 Å². The van der Waals surface area contributed by atoms with Gasteiger partial charge in [0.1, 0.15) is 10.7 Å². The van der Waals surface area contributed by atoms with Crippen LogP contribution in [0.15, 0.2) is 11.1 Å². The van der Waals surface area contributed by atoms with E-state index >= 15 is 0 Å². The van der Waals surface area contributed by atoms with E-state index in [0.29, 0.717) is 6.61 Å². The zero-order chi connectivity index (χ0) is 14.2. The monoisotopic (exact) mass is 313 g/mol. The van der Waals surface area contributed by atoms with Crippen molar-refractivity contribution in [2.45, 2.75) is 37.1 Å². The molecule has 0 saturated heterocycles. The highest BCUT2D eigenvalue weighted by molar-refractivity contribution is 7.99. The third-order valence-corrected chi connectivity index (χ3v) is 5.09. The molecule has 0 spiro atoms. The van der Waals surface area contributed by atoms with Gasteiger partial charge in [-0.3, -0.25) is 0 Å². The lowest BCUT2D eigenvalue weighted by atomic mass is 10.1. The molecule has 1 aromatic heterocycles. The maximum Gasteiger partial charge on any atom is 0.138 e. The normalized spacial score (nSPS) is 16.4. The van der Waals surface area contributed by atoms with Gasteiger partial charge in [-0.2, -0.15) is 8.75 Å². The van der Waals surface area contributed by atoms with Crippen LogP contribution >= 0.6 is 23.5 Å². The van der Waals surface area contributed by atoms with E-state index in [-0.39, 0.29) is 0 Å². The third-order valence-electron chi connectivity index (χ3n) is 3.40. The fourth-order valence-electron chi connectivity index (χ4n) is 2.27. The first-order valence-corrected chi connectivity index (χ1v) is 8.97. The number of aliphatic hydroxyl groups excluding tert-OH is 1. The molecule has 4 nitrogen and oxygen atoms in total. The van der Waals surface area contributed by atoms with Gasteiger partial charge in [-0.05, 0) is 37.6 Å². The molecule has 0 fully saturated rings. The van der Waals surface area contributed by atoms with E-state index < -0.39 is 0 Å². The molecule has 0 saturated carbocycles. The summed E-state index contributed by atoms with van der Waals surface area (Å²) < 4.78 is 8.93. The molecule has 0 unspecified atom stereocenters. The van der Waals surface area contributed by atoms with Gasteiger partial charge in [0.25, 0.3) is 0 Å². The quantitative estimate of drug-likeness (QED) is 0.591. The summed E-state index contributed by atoms with van der Waals surface area (Å²) >= 11 is 3.14. The zero-order valence-corrected chi connectivity index (χ0v) is 13.7. The van der Waals surface area contributed by atoms with Crippen molar-refractivity contribution in [1.29, 1.82) is 0 Å². The van der Waals surface area contributed by atoms with Crippen LogP contribution in [0, 0.1) is 0 Å². The van der Waals surface area contributed by atoms with Crippen LogP contribution in [-0.4, -0.2) is 51.3 Å². The predicted octanol–water partition coefficient (Wildman–Crippen LogP) is 2.90. The van der Waals surface area contributed by atoms with Crippen molar-refractivity contribution < 1.29 is 5.11 Å². The van der Waals surface area contributed by atoms with Crippen molar-refractivity contribution in [3.8, 4) is 0 Å². The highest BCUT2D eigenvalue weighted by Gasteiger charge is 2.17. The summed E-state index contributed by atoms with van der Waals surface area (Å²) in [6.45, 7) is 2.43. The van der Waals surface area contributed by atoms with E-state index in [2.05, 4.69) is 26.8 Å². The average molecular weight is 313 g/mol. The van der Waals surface area contributed by atoms with Crippen LogP contribution < -0.4 is 0 Å². The van der Waals surface area contributed by atoms with Gasteiger partial charge in [-0.25, -0.2) is 0 Å². The first-order valence-electron chi connectivity index (χ1n) is 7.25. The highest BCUT2D eigenvalue weighted by atomic mass is 32.2. The maximum absolute atomic E-state index is 8.74. The van der Waals surface area contributed by atoms with Crippen molar-refractivity contribution >= 4 is 29.1 Å². The van der Waals surface area contributed by atoms with Gasteiger partial charge < -0.3 is 10.0 Å². The Hall–Kier alpha value is -0.430. The summed E-state index contributed by atoms with van der Waals surface area (Å²) in [5.74, 6) is 1.09. The number of thioether (sulfide) groups is 1. The number of rotatable bonds is 8. The average Bonchev–Trinajstić information content (AvgIpc) is 2.91. The van der Waals surface area contributed by atoms with Gasteiger partial charge in [0.15, 0.2) is 0 Å². The number of likely N-dealkylation sites (N-methyl/N-ethyl adjacent to an activating group) is 1. The van der Waals surface area contributed by atoms with Crippen molar-refractivity contribution in [3.05, 3.63) is 11.8 Å². The number of aliphatic hydroxyl groups is 1. The van der Waals surface area contributed by atoms with Crippen LogP contribution in [0.5, 0.6) is 0 Å². The Balaban J connectivity index is 1.81. The Morgan fingerprint density at radius 3 is 2.95 bits per heavy atom. The predicted molar refractivity (Wildman–Crippen MR) is 86.3 cm³/mol. The molecule has 2 heterocycles. The summed E-state index contributed by atoms with van der Waals surface area (Å²) in [6.07, 6.45) is 7.83. The lowest BCUT2D eigenvalue weighted by Crippen LogP contribution is -2.25. The largest absolute Gasteiger partial charge is 0.396 e. The summed E-state index contributed by atoms with van der Waals surface area (Å²) in [7, 11) is 2.15. The standard InChI is InChI=1S/C14H23N3OS2/c1-17-8-6-7-12(11-17)13-14(16-20-15-13)19-10-5-3-2-4-9-18/h7,18H,2-6,8-11H2,1H3.